The van der Waals surface area contributed by atoms with Gasteiger partial charge in [0.05, 0.1) is 5.52 Å². The first-order chi connectivity index (χ1) is 15.5. The molecule has 4 aromatic rings. The number of rotatable bonds is 7. The average Bonchev–Trinajstić information content (AvgIpc) is 3.14. The highest BCUT2D eigenvalue weighted by molar-refractivity contribution is 9.10. The van der Waals surface area contributed by atoms with Gasteiger partial charge in [-0.15, -0.1) is 5.10 Å². The molecule has 32 heavy (non-hydrogen) atoms. The number of carbonyl (C=O) groups is 1. The van der Waals surface area contributed by atoms with Crippen molar-refractivity contribution in [3.05, 3.63) is 94.1 Å². The van der Waals surface area contributed by atoms with Crippen molar-refractivity contribution >= 4 is 38.6 Å². The topological polar surface area (TPSA) is 128 Å². The minimum atomic E-state index is -1.01. The van der Waals surface area contributed by atoms with E-state index >= 15 is 0 Å². The number of nitrogens with two attached hydrogens (primary N) is 2. The van der Waals surface area contributed by atoms with Crippen molar-refractivity contribution in [2.24, 2.45) is 16.7 Å². The van der Waals surface area contributed by atoms with Gasteiger partial charge in [0.25, 0.3) is 0 Å². The summed E-state index contributed by atoms with van der Waals surface area (Å²) in [5.74, 6) is 5.70. The van der Waals surface area contributed by atoms with Crippen LogP contribution in [0.4, 0.5) is 0 Å². The number of halogens is 1. The largest absolute Gasteiger partial charge is 0.477 e. The van der Waals surface area contributed by atoms with Gasteiger partial charge in [-0.25, -0.2) is 16.2 Å². The summed E-state index contributed by atoms with van der Waals surface area (Å²) in [7, 11) is 0. The number of nitrogens with zero attached hydrogens (tertiary/aromatic N) is 2. The monoisotopic (exact) mass is 493 g/mol. The zero-order valence-electron chi connectivity index (χ0n) is 16.8. The SMILES string of the molecule is NN/N=C(\N)c1ccc(Cn2c(C(=O)O)cc3c(Br)cc(Oc4ccccc4)cc32)cc1. The van der Waals surface area contributed by atoms with E-state index in [1.165, 1.54) is 0 Å². The molecule has 6 N–H and O–H groups in total. The summed E-state index contributed by atoms with van der Waals surface area (Å²) in [6.07, 6.45) is 0. The lowest BCUT2D eigenvalue weighted by Gasteiger charge is -2.12. The van der Waals surface area contributed by atoms with Crippen LogP contribution in [0.25, 0.3) is 10.9 Å². The number of aromatic carboxylic acids is 1. The Kier molecular flexibility index (Phi) is 6.11. The van der Waals surface area contributed by atoms with E-state index < -0.39 is 5.97 Å². The van der Waals surface area contributed by atoms with E-state index in [2.05, 4.69) is 26.6 Å². The van der Waals surface area contributed by atoms with Crippen molar-refractivity contribution in [2.75, 3.05) is 0 Å². The van der Waals surface area contributed by atoms with Gasteiger partial charge >= 0.3 is 5.97 Å². The van der Waals surface area contributed by atoms with Gasteiger partial charge in [-0.3, -0.25) is 0 Å². The molecule has 0 spiro atoms. The van der Waals surface area contributed by atoms with Crippen LogP contribution in [0.5, 0.6) is 11.5 Å². The third kappa shape index (κ3) is 4.43. The summed E-state index contributed by atoms with van der Waals surface area (Å²) in [5.41, 5.74) is 10.5. The first kappa shape index (κ1) is 21.4. The van der Waals surface area contributed by atoms with E-state index in [0.29, 0.717) is 23.6 Å². The highest BCUT2D eigenvalue weighted by Gasteiger charge is 2.18. The third-order valence-electron chi connectivity index (χ3n) is 4.92. The molecule has 0 atom stereocenters. The number of hydrazine groups is 1. The number of amidine groups is 1. The molecule has 3 aromatic carbocycles. The van der Waals surface area contributed by atoms with Crippen LogP contribution in [0.1, 0.15) is 21.6 Å². The number of hydrazone groups is 1. The van der Waals surface area contributed by atoms with Crippen LogP contribution in [-0.4, -0.2) is 21.5 Å². The van der Waals surface area contributed by atoms with Crippen LogP contribution < -0.4 is 21.8 Å². The van der Waals surface area contributed by atoms with Gasteiger partial charge in [-0.2, -0.15) is 0 Å². The van der Waals surface area contributed by atoms with Crippen LogP contribution in [0.15, 0.2) is 82.4 Å². The van der Waals surface area contributed by atoms with Crippen LogP contribution in [0, 0.1) is 0 Å². The number of hydrogen-bond donors (Lipinski definition) is 4. The van der Waals surface area contributed by atoms with Crippen molar-refractivity contribution in [3.63, 3.8) is 0 Å². The summed E-state index contributed by atoms with van der Waals surface area (Å²) < 4.78 is 8.46. The number of nitrogens with one attached hydrogen (secondary N) is 1. The summed E-state index contributed by atoms with van der Waals surface area (Å²) in [6, 6.07) is 22.1. The molecule has 0 bridgehead atoms. The van der Waals surface area contributed by atoms with Crippen molar-refractivity contribution in [1.29, 1.82) is 0 Å². The van der Waals surface area contributed by atoms with Crippen LogP contribution in [-0.2, 0) is 6.54 Å². The molecule has 9 heteroatoms. The molecular formula is C23H20BrN5O3. The molecule has 0 fully saturated rings. The molecule has 0 unspecified atom stereocenters. The second kappa shape index (κ2) is 9.13. The molecule has 0 radical (unpaired) electrons. The molecule has 0 aliphatic carbocycles. The number of ether oxygens (including phenoxy) is 1. The van der Waals surface area contributed by atoms with Gasteiger partial charge in [0.1, 0.15) is 17.2 Å². The number of fused-ring (bicyclic) bond motifs is 1. The predicted molar refractivity (Wildman–Crippen MR) is 127 cm³/mol. The molecule has 0 aliphatic heterocycles. The quantitative estimate of drug-likeness (QED) is 0.133. The van der Waals surface area contributed by atoms with Crippen molar-refractivity contribution in [3.8, 4) is 11.5 Å². The maximum absolute atomic E-state index is 12.0. The Bertz CT molecular complexity index is 1300. The summed E-state index contributed by atoms with van der Waals surface area (Å²) in [4.78, 5) is 12.0. The number of hydrogen-bond acceptors (Lipinski definition) is 5. The Morgan fingerprint density at radius 1 is 1.06 bits per heavy atom. The van der Waals surface area contributed by atoms with E-state index in [1.807, 2.05) is 54.6 Å². The number of para-hydroxylation sites is 1. The fraction of sp³-hybridized carbons (Fsp3) is 0.0435. The highest BCUT2D eigenvalue weighted by Crippen LogP contribution is 2.34. The number of carboxylic acid groups (broad SMARTS) is 1. The Labute approximate surface area is 192 Å². The zero-order valence-corrected chi connectivity index (χ0v) is 18.4. The molecule has 4 rings (SSSR count). The smallest absolute Gasteiger partial charge is 0.352 e. The van der Waals surface area contributed by atoms with Crippen molar-refractivity contribution in [2.45, 2.75) is 6.54 Å². The van der Waals surface area contributed by atoms with E-state index in [-0.39, 0.29) is 11.5 Å². The van der Waals surface area contributed by atoms with Gasteiger partial charge in [0.15, 0.2) is 5.84 Å². The van der Waals surface area contributed by atoms with Crippen LogP contribution in [0.2, 0.25) is 0 Å². The standard InChI is InChI=1S/C23H20BrN5O3/c24-19-10-17(32-16-4-2-1-3-5-16)11-20-18(19)12-21(23(30)31)29(20)13-14-6-8-15(9-7-14)22(25)27-28-26/h1-12,28H,13,26H2,(H2,25,27)(H,30,31). The summed E-state index contributed by atoms with van der Waals surface area (Å²) in [5, 5.41) is 14.3. The normalized spacial score (nSPS) is 11.5. The van der Waals surface area contributed by atoms with E-state index in [4.69, 9.17) is 16.3 Å². The minimum absolute atomic E-state index is 0.176. The Balaban J connectivity index is 1.74. The highest BCUT2D eigenvalue weighted by atomic mass is 79.9. The molecule has 162 valence electrons. The second-order valence-electron chi connectivity index (χ2n) is 7.00. The fourth-order valence-corrected chi connectivity index (χ4v) is 3.96. The molecule has 0 amide bonds. The second-order valence-corrected chi connectivity index (χ2v) is 7.85. The zero-order chi connectivity index (χ0) is 22.7. The first-order valence-corrected chi connectivity index (χ1v) is 10.4. The fourth-order valence-electron chi connectivity index (χ4n) is 3.42. The molecule has 1 aromatic heterocycles. The van der Waals surface area contributed by atoms with E-state index in [1.54, 1.807) is 22.8 Å². The van der Waals surface area contributed by atoms with Gasteiger partial charge < -0.3 is 20.1 Å². The molecule has 1 heterocycles. The lowest BCUT2D eigenvalue weighted by atomic mass is 10.1. The molecule has 8 nitrogen and oxygen atoms in total. The summed E-state index contributed by atoms with van der Waals surface area (Å²) in [6.45, 7) is 0.346. The van der Waals surface area contributed by atoms with Gasteiger partial charge in [-0.1, -0.05) is 42.5 Å². The third-order valence-corrected chi connectivity index (χ3v) is 5.57. The number of benzene rings is 3. The maximum Gasteiger partial charge on any atom is 0.352 e. The maximum atomic E-state index is 12.0. The lowest BCUT2D eigenvalue weighted by molar-refractivity contribution is 0.0686. The first-order valence-electron chi connectivity index (χ1n) is 9.63. The minimum Gasteiger partial charge on any atom is -0.477 e. The van der Waals surface area contributed by atoms with Crippen LogP contribution >= 0.6 is 15.9 Å². The van der Waals surface area contributed by atoms with Gasteiger partial charge in [0, 0.05) is 28.0 Å². The van der Waals surface area contributed by atoms with E-state index in [0.717, 1.165) is 20.9 Å². The number of aromatic nitrogens is 1. The van der Waals surface area contributed by atoms with Gasteiger partial charge in [0.2, 0.25) is 0 Å². The predicted octanol–water partition coefficient (Wildman–Crippen LogP) is 4.03. The van der Waals surface area contributed by atoms with Gasteiger partial charge in [-0.05, 0) is 45.8 Å². The van der Waals surface area contributed by atoms with E-state index in [9.17, 15) is 9.90 Å². The molecule has 0 saturated carbocycles. The average molecular weight is 494 g/mol. The Morgan fingerprint density at radius 2 is 1.78 bits per heavy atom. The van der Waals surface area contributed by atoms with Crippen LogP contribution in [0.3, 0.4) is 0 Å². The van der Waals surface area contributed by atoms with Crippen molar-refractivity contribution in [1.82, 2.24) is 10.1 Å². The Morgan fingerprint density at radius 3 is 2.44 bits per heavy atom. The molecular weight excluding hydrogens is 474 g/mol. The molecule has 0 aliphatic rings. The van der Waals surface area contributed by atoms with Crippen molar-refractivity contribution < 1.29 is 14.6 Å². The Hall–Kier alpha value is -3.82. The lowest BCUT2D eigenvalue weighted by Crippen LogP contribution is -2.23. The summed E-state index contributed by atoms with van der Waals surface area (Å²) >= 11 is 3.55. The molecule has 0 saturated heterocycles. The number of carboxylic acids is 1.